The predicted molar refractivity (Wildman–Crippen MR) is 119 cm³/mol. The lowest BCUT2D eigenvalue weighted by molar-refractivity contribution is -0.125. The van der Waals surface area contributed by atoms with Crippen molar-refractivity contribution in [1.29, 1.82) is 0 Å². The van der Waals surface area contributed by atoms with Crippen LogP contribution in [-0.4, -0.2) is 40.1 Å². The highest BCUT2D eigenvalue weighted by atomic mass is 16.5. The van der Waals surface area contributed by atoms with E-state index in [1.54, 1.807) is 13.2 Å². The van der Waals surface area contributed by atoms with E-state index in [-0.39, 0.29) is 17.4 Å². The van der Waals surface area contributed by atoms with E-state index < -0.39 is 0 Å². The molecule has 1 saturated heterocycles. The number of carbonyl (C=O) groups excluding carboxylic acids is 1. The van der Waals surface area contributed by atoms with Crippen molar-refractivity contribution in [2.75, 3.05) is 24.6 Å². The first-order chi connectivity index (χ1) is 15.1. The molecule has 2 aromatic heterocycles. The van der Waals surface area contributed by atoms with Gasteiger partial charge < -0.3 is 15.0 Å². The quantitative estimate of drug-likeness (QED) is 0.657. The standard InChI is InChI=1S/C23H27N5O3/c1-3-31-19-9-5-4-7-17(19)15-25-22(29)16-10-13-28(14-11-16)21-23(30)27(2)20-18(26-21)8-6-12-24-20/h4-9,12,16H,3,10-11,13-15H2,1-2H3,(H,25,29). The van der Waals surface area contributed by atoms with Crippen LogP contribution in [-0.2, 0) is 18.4 Å². The Labute approximate surface area is 180 Å². The van der Waals surface area contributed by atoms with E-state index in [1.165, 1.54) is 4.57 Å². The smallest absolute Gasteiger partial charge is 0.294 e. The van der Waals surface area contributed by atoms with E-state index in [0.29, 0.717) is 56.1 Å². The molecule has 8 nitrogen and oxygen atoms in total. The number of carbonyl (C=O) groups is 1. The lowest BCUT2D eigenvalue weighted by Crippen LogP contribution is -2.43. The Bertz CT molecular complexity index is 1140. The molecule has 1 aromatic carbocycles. The molecule has 1 aliphatic heterocycles. The van der Waals surface area contributed by atoms with E-state index in [0.717, 1.165) is 11.3 Å². The highest BCUT2D eigenvalue weighted by Crippen LogP contribution is 2.22. The third-order valence-corrected chi connectivity index (χ3v) is 5.70. The van der Waals surface area contributed by atoms with Crippen LogP contribution in [0.25, 0.3) is 11.2 Å². The predicted octanol–water partition coefficient (Wildman–Crippen LogP) is 2.26. The SMILES string of the molecule is CCOc1ccccc1CNC(=O)C1CCN(c2nc3cccnc3n(C)c2=O)CC1. The molecule has 0 spiro atoms. The van der Waals surface area contributed by atoms with E-state index in [1.807, 2.05) is 48.2 Å². The van der Waals surface area contributed by atoms with Gasteiger partial charge in [-0.2, -0.15) is 0 Å². The first kappa shape index (κ1) is 20.8. The van der Waals surface area contributed by atoms with Gasteiger partial charge >= 0.3 is 0 Å². The Morgan fingerprint density at radius 1 is 1.19 bits per heavy atom. The van der Waals surface area contributed by atoms with E-state index in [9.17, 15) is 9.59 Å². The van der Waals surface area contributed by atoms with Crippen LogP contribution < -0.4 is 20.5 Å². The largest absolute Gasteiger partial charge is 0.494 e. The second-order valence-electron chi connectivity index (χ2n) is 7.67. The summed E-state index contributed by atoms with van der Waals surface area (Å²) in [5.41, 5.74) is 2.06. The number of piperidine rings is 1. The van der Waals surface area contributed by atoms with Gasteiger partial charge in [-0.05, 0) is 38.0 Å². The summed E-state index contributed by atoms with van der Waals surface area (Å²) in [4.78, 5) is 36.3. The number of anilines is 1. The Morgan fingerprint density at radius 2 is 1.97 bits per heavy atom. The molecule has 8 heteroatoms. The summed E-state index contributed by atoms with van der Waals surface area (Å²) >= 11 is 0. The minimum atomic E-state index is -0.165. The Balaban J connectivity index is 1.39. The first-order valence-corrected chi connectivity index (χ1v) is 10.6. The number of hydrogen-bond acceptors (Lipinski definition) is 6. The van der Waals surface area contributed by atoms with E-state index in [4.69, 9.17) is 4.74 Å². The molecular weight excluding hydrogens is 394 g/mol. The zero-order valence-corrected chi connectivity index (χ0v) is 17.9. The molecule has 162 valence electrons. The lowest BCUT2D eigenvalue weighted by atomic mass is 9.96. The van der Waals surface area contributed by atoms with Gasteiger partial charge in [-0.15, -0.1) is 0 Å². The molecule has 0 unspecified atom stereocenters. The van der Waals surface area contributed by atoms with Gasteiger partial charge in [-0.25, -0.2) is 9.97 Å². The van der Waals surface area contributed by atoms with E-state index >= 15 is 0 Å². The van der Waals surface area contributed by atoms with Crippen molar-refractivity contribution in [3.8, 4) is 5.75 Å². The number of para-hydroxylation sites is 1. The zero-order chi connectivity index (χ0) is 21.8. The summed E-state index contributed by atoms with van der Waals surface area (Å²) < 4.78 is 7.16. The van der Waals surface area contributed by atoms with Crippen LogP contribution in [0.3, 0.4) is 0 Å². The second kappa shape index (κ2) is 9.16. The average molecular weight is 422 g/mol. The summed E-state index contributed by atoms with van der Waals surface area (Å²) in [6, 6.07) is 11.4. The van der Waals surface area contributed by atoms with Crippen molar-refractivity contribution in [2.45, 2.75) is 26.3 Å². The molecule has 0 atom stereocenters. The number of pyridine rings is 1. The van der Waals surface area contributed by atoms with Crippen LogP contribution in [0, 0.1) is 5.92 Å². The number of aromatic nitrogens is 3. The number of benzene rings is 1. The molecule has 1 N–H and O–H groups in total. The zero-order valence-electron chi connectivity index (χ0n) is 17.9. The number of nitrogens with one attached hydrogen (secondary N) is 1. The molecule has 0 aliphatic carbocycles. The maximum absolute atomic E-state index is 12.8. The van der Waals surface area contributed by atoms with Crippen LogP contribution in [0.4, 0.5) is 5.82 Å². The fourth-order valence-electron chi connectivity index (χ4n) is 3.97. The number of hydrogen-bond donors (Lipinski definition) is 1. The molecule has 3 aromatic rings. The number of rotatable bonds is 6. The second-order valence-corrected chi connectivity index (χ2v) is 7.67. The van der Waals surface area contributed by atoms with Crippen molar-refractivity contribution in [2.24, 2.45) is 13.0 Å². The molecule has 0 saturated carbocycles. The molecule has 0 radical (unpaired) electrons. The molecule has 4 rings (SSSR count). The Morgan fingerprint density at radius 3 is 2.74 bits per heavy atom. The fraction of sp³-hybridized carbons (Fsp3) is 0.391. The van der Waals surface area contributed by atoms with Crippen LogP contribution in [0.5, 0.6) is 5.75 Å². The van der Waals surface area contributed by atoms with Crippen LogP contribution in [0.1, 0.15) is 25.3 Å². The molecule has 3 heterocycles. The average Bonchev–Trinajstić information content (AvgIpc) is 2.81. The number of fused-ring (bicyclic) bond motifs is 1. The number of nitrogens with zero attached hydrogens (tertiary/aromatic N) is 4. The van der Waals surface area contributed by atoms with Gasteiger partial charge in [-0.1, -0.05) is 18.2 Å². The highest BCUT2D eigenvalue weighted by molar-refractivity contribution is 5.79. The summed E-state index contributed by atoms with van der Waals surface area (Å²) in [6.07, 6.45) is 3.00. The summed E-state index contributed by atoms with van der Waals surface area (Å²) in [5, 5.41) is 3.04. The topological polar surface area (TPSA) is 89.3 Å². The molecule has 1 amide bonds. The van der Waals surface area contributed by atoms with Gasteiger partial charge in [0.15, 0.2) is 11.5 Å². The summed E-state index contributed by atoms with van der Waals surface area (Å²) in [6.45, 7) is 4.19. The van der Waals surface area contributed by atoms with Gasteiger partial charge in [-0.3, -0.25) is 14.2 Å². The molecule has 1 fully saturated rings. The van der Waals surface area contributed by atoms with Crippen molar-refractivity contribution in [1.82, 2.24) is 19.9 Å². The van der Waals surface area contributed by atoms with E-state index in [2.05, 4.69) is 15.3 Å². The van der Waals surface area contributed by atoms with Crippen LogP contribution in [0.2, 0.25) is 0 Å². The highest BCUT2D eigenvalue weighted by Gasteiger charge is 2.27. The fourth-order valence-corrected chi connectivity index (χ4v) is 3.97. The molecule has 0 bridgehead atoms. The lowest BCUT2D eigenvalue weighted by Gasteiger charge is -2.32. The maximum atomic E-state index is 12.8. The third-order valence-electron chi connectivity index (χ3n) is 5.70. The molecule has 31 heavy (non-hydrogen) atoms. The van der Waals surface area contributed by atoms with Crippen LogP contribution >= 0.6 is 0 Å². The van der Waals surface area contributed by atoms with Gasteiger partial charge in [0.05, 0.1) is 6.61 Å². The number of amides is 1. The van der Waals surface area contributed by atoms with Gasteiger partial charge in [0.25, 0.3) is 5.56 Å². The third kappa shape index (κ3) is 4.38. The van der Waals surface area contributed by atoms with Gasteiger partial charge in [0.1, 0.15) is 11.3 Å². The minimum absolute atomic E-state index is 0.0366. The minimum Gasteiger partial charge on any atom is -0.494 e. The van der Waals surface area contributed by atoms with Gasteiger partial charge in [0, 0.05) is 44.4 Å². The van der Waals surface area contributed by atoms with Gasteiger partial charge in [0.2, 0.25) is 5.91 Å². The van der Waals surface area contributed by atoms with Crippen molar-refractivity contribution < 1.29 is 9.53 Å². The monoisotopic (exact) mass is 421 g/mol. The Hall–Kier alpha value is -3.42. The molecule has 1 aliphatic rings. The first-order valence-electron chi connectivity index (χ1n) is 10.6. The normalized spacial score (nSPS) is 14.6. The Kier molecular flexibility index (Phi) is 6.16. The summed E-state index contributed by atoms with van der Waals surface area (Å²) in [7, 11) is 1.71. The van der Waals surface area contributed by atoms with Crippen molar-refractivity contribution in [3.63, 3.8) is 0 Å². The number of ether oxygens (including phenoxy) is 1. The molecular formula is C23H27N5O3. The summed E-state index contributed by atoms with van der Waals surface area (Å²) in [5.74, 6) is 1.18. The van der Waals surface area contributed by atoms with Crippen LogP contribution in [0.15, 0.2) is 47.4 Å². The number of aryl methyl sites for hydroxylation is 1. The van der Waals surface area contributed by atoms with Crippen molar-refractivity contribution >= 4 is 22.9 Å². The van der Waals surface area contributed by atoms with Crippen molar-refractivity contribution in [3.05, 3.63) is 58.5 Å². The maximum Gasteiger partial charge on any atom is 0.294 e.